The Hall–Kier alpha value is -1.53. The van der Waals surface area contributed by atoms with Gasteiger partial charge in [0.25, 0.3) is 5.56 Å². The highest BCUT2D eigenvalue weighted by atomic mass is 32.2. The minimum absolute atomic E-state index is 0.0770. The van der Waals surface area contributed by atoms with Gasteiger partial charge in [0.15, 0.2) is 0 Å². The molecule has 19 heavy (non-hydrogen) atoms. The van der Waals surface area contributed by atoms with Crippen LogP contribution in [0.2, 0.25) is 0 Å². The summed E-state index contributed by atoms with van der Waals surface area (Å²) in [4.78, 5) is 16.8. The van der Waals surface area contributed by atoms with E-state index in [2.05, 4.69) is 4.98 Å². The van der Waals surface area contributed by atoms with Gasteiger partial charge < -0.3 is 9.84 Å². The van der Waals surface area contributed by atoms with Gasteiger partial charge in [-0.25, -0.2) is 4.98 Å². The molecule has 6 heteroatoms. The highest BCUT2D eigenvalue weighted by Gasteiger charge is 2.09. The second kappa shape index (κ2) is 6.08. The average molecular weight is 280 g/mol. The van der Waals surface area contributed by atoms with Gasteiger partial charge in [0.2, 0.25) is 0 Å². The Morgan fingerprint density at radius 1 is 1.47 bits per heavy atom. The number of aliphatic hydroxyl groups is 1. The van der Waals surface area contributed by atoms with Crippen molar-refractivity contribution in [3.05, 3.63) is 34.4 Å². The van der Waals surface area contributed by atoms with Gasteiger partial charge in [-0.2, -0.15) is 0 Å². The summed E-state index contributed by atoms with van der Waals surface area (Å²) in [6.07, 6.45) is 0. The van der Waals surface area contributed by atoms with Crippen molar-refractivity contribution in [1.29, 1.82) is 0 Å². The van der Waals surface area contributed by atoms with E-state index in [1.165, 1.54) is 11.8 Å². The molecule has 1 aromatic carbocycles. The molecule has 0 aliphatic heterocycles. The minimum atomic E-state index is -0.0770. The van der Waals surface area contributed by atoms with E-state index in [1.54, 1.807) is 29.9 Å². The number of benzene rings is 1. The van der Waals surface area contributed by atoms with Crippen LogP contribution in [0.3, 0.4) is 0 Å². The number of nitrogens with zero attached hydrogens (tertiary/aromatic N) is 2. The van der Waals surface area contributed by atoms with E-state index in [-0.39, 0.29) is 12.2 Å². The number of rotatable bonds is 5. The lowest BCUT2D eigenvalue weighted by Crippen LogP contribution is -2.23. The lowest BCUT2D eigenvalue weighted by atomic mass is 10.2. The highest BCUT2D eigenvalue weighted by Crippen LogP contribution is 2.17. The van der Waals surface area contributed by atoms with Crippen molar-refractivity contribution in [2.45, 2.75) is 12.8 Å². The molecule has 2 rings (SSSR count). The summed E-state index contributed by atoms with van der Waals surface area (Å²) in [6, 6.07) is 5.28. The Bertz CT molecular complexity index is 640. The minimum Gasteiger partial charge on any atom is -0.497 e. The Balaban J connectivity index is 2.49. The molecule has 0 aliphatic rings. The maximum absolute atomic E-state index is 12.4. The number of ether oxygens (including phenoxy) is 1. The molecule has 102 valence electrons. The van der Waals surface area contributed by atoms with Crippen LogP contribution in [-0.2, 0) is 5.88 Å². The molecule has 0 atom stereocenters. The first-order chi connectivity index (χ1) is 9.17. The molecule has 0 bridgehead atoms. The second-order valence-electron chi connectivity index (χ2n) is 4.04. The zero-order chi connectivity index (χ0) is 13.8. The van der Waals surface area contributed by atoms with Crippen molar-refractivity contribution in [3.63, 3.8) is 0 Å². The number of hydrogen-bond donors (Lipinski definition) is 1. The van der Waals surface area contributed by atoms with Gasteiger partial charge >= 0.3 is 0 Å². The van der Waals surface area contributed by atoms with Crippen molar-refractivity contribution in [3.8, 4) is 5.75 Å². The summed E-state index contributed by atoms with van der Waals surface area (Å²) < 4.78 is 6.74. The van der Waals surface area contributed by atoms with Crippen LogP contribution in [0.25, 0.3) is 10.9 Å². The molecule has 0 saturated carbocycles. The quantitative estimate of drug-likeness (QED) is 0.839. The molecule has 1 N–H and O–H groups in total. The molecule has 0 spiro atoms. The van der Waals surface area contributed by atoms with Crippen LogP contribution in [0.15, 0.2) is 23.0 Å². The number of thioether (sulfide) groups is 1. The lowest BCUT2D eigenvalue weighted by Gasteiger charge is -2.10. The van der Waals surface area contributed by atoms with E-state index >= 15 is 0 Å². The van der Waals surface area contributed by atoms with Crippen molar-refractivity contribution < 1.29 is 9.84 Å². The smallest absolute Gasteiger partial charge is 0.262 e. The first-order valence-electron chi connectivity index (χ1n) is 5.91. The fraction of sp³-hybridized carbons (Fsp3) is 0.385. The van der Waals surface area contributed by atoms with Crippen LogP contribution >= 0.6 is 11.8 Å². The molecule has 0 saturated heterocycles. The van der Waals surface area contributed by atoms with Gasteiger partial charge in [-0.3, -0.25) is 9.36 Å². The number of aryl methyl sites for hydroxylation is 1. The van der Waals surface area contributed by atoms with E-state index in [0.29, 0.717) is 34.1 Å². The average Bonchev–Trinajstić information content (AvgIpc) is 2.42. The van der Waals surface area contributed by atoms with Crippen LogP contribution in [0.4, 0.5) is 0 Å². The molecule has 1 heterocycles. The first kappa shape index (κ1) is 13.9. The summed E-state index contributed by atoms with van der Waals surface area (Å²) in [7, 11) is 1.57. The maximum atomic E-state index is 12.4. The lowest BCUT2D eigenvalue weighted by molar-refractivity contribution is 0.322. The Morgan fingerprint density at radius 3 is 2.95 bits per heavy atom. The van der Waals surface area contributed by atoms with E-state index < -0.39 is 0 Å². The van der Waals surface area contributed by atoms with Crippen LogP contribution in [0.1, 0.15) is 5.82 Å². The third kappa shape index (κ3) is 2.90. The topological polar surface area (TPSA) is 64.3 Å². The van der Waals surface area contributed by atoms with Gasteiger partial charge in [-0.05, 0) is 25.1 Å². The molecule has 2 aromatic rings. The molecular formula is C13H16N2O3S. The summed E-state index contributed by atoms with van der Waals surface area (Å²) in [5, 5.41) is 9.33. The molecule has 0 aliphatic carbocycles. The SMILES string of the molecule is COc1ccc2nc(C)n(CSCCO)c(=O)c2c1. The molecule has 5 nitrogen and oxygen atoms in total. The van der Waals surface area contributed by atoms with Crippen LogP contribution in [-0.4, -0.2) is 34.1 Å². The summed E-state index contributed by atoms with van der Waals surface area (Å²) in [5.41, 5.74) is 0.596. The Labute approximate surface area is 115 Å². The summed E-state index contributed by atoms with van der Waals surface area (Å²) >= 11 is 1.49. The van der Waals surface area contributed by atoms with Crippen molar-refractivity contribution >= 4 is 22.7 Å². The Morgan fingerprint density at radius 2 is 2.26 bits per heavy atom. The molecule has 0 unspecified atom stereocenters. The number of aromatic nitrogens is 2. The Kier molecular flexibility index (Phi) is 4.44. The zero-order valence-electron chi connectivity index (χ0n) is 10.9. The van der Waals surface area contributed by atoms with E-state index in [4.69, 9.17) is 9.84 Å². The predicted molar refractivity (Wildman–Crippen MR) is 76.8 cm³/mol. The monoisotopic (exact) mass is 280 g/mol. The predicted octanol–water partition coefficient (Wildman–Crippen LogP) is 1.40. The van der Waals surface area contributed by atoms with Crippen molar-refractivity contribution in [1.82, 2.24) is 9.55 Å². The molecular weight excluding hydrogens is 264 g/mol. The fourth-order valence-electron chi connectivity index (χ4n) is 1.81. The highest BCUT2D eigenvalue weighted by molar-refractivity contribution is 7.98. The number of fused-ring (bicyclic) bond motifs is 1. The molecule has 1 aromatic heterocycles. The molecule has 0 fully saturated rings. The van der Waals surface area contributed by atoms with Gasteiger partial charge in [-0.15, -0.1) is 11.8 Å². The molecule has 0 radical (unpaired) electrons. The summed E-state index contributed by atoms with van der Waals surface area (Å²) in [6.45, 7) is 1.91. The third-order valence-electron chi connectivity index (χ3n) is 2.81. The van der Waals surface area contributed by atoms with Gasteiger partial charge in [0, 0.05) is 5.75 Å². The van der Waals surface area contributed by atoms with Gasteiger partial charge in [-0.1, -0.05) is 0 Å². The van der Waals surface area contributed by atoms with Crippen molar-refractivity contribution in [2.24, 2.45) is 0 Å². The van der Waals surface area contributed by atoms with Crippen LogP contribution < -0.4 is 10.3 Å². The second-order valence-corrected chi connectivity index (χ2v) is 5.11. The maximum Gasteiger partial charge on any atom is 0.262 e. The van der Waals surface area contributed by atoms with Crippen LogP contribution in [0.5, 0.6) is 5.75 Å². The number of aliphatic hydroxyl groups excluding tert-OH is 1. The largest absolute Gasteiger partial charge is 0.497 e. The van der Waals surface area contributed by atoms with Crippen LogP contribution in [0, 0.1) is 6.92 Å². The number of hydrogen-bond acceptors (Lipinski definition) is 5. The van der Waals surface area contributed by atoms with E-state index in [1.807, 2.05) is 6.92 Å². The van der Waals surface area contributed by atoms with Gasteiger partial charge in [0.05, 0.1) is 30.5 Å². The normalized spacial score (nSPS) is 10.9. The fourth-order valence-corrected chi connectivity index (χ4v) is 2.56. The van der Waals surface area contributed by atoms with Gasteiger partial charge in [0.1, 0.15) is 11.6 Å². The van der Waals surface area contributed by atoms with Crippen molar-refractivity contribution in [2.75, 3.05) is 19.5 Å². The summed E-state index contributed by atoms with van der Waals surface area (Å²) in [5.74, 6) is 2.41. The van der Waals surface area contributed by atoms with E-state index in [0.717, 1.165) is 0 Å². The third-order valence-corrected chi connectivity index (χ3v) is 3.72. The first-order valence-corrected chi connectivity index (χ1v) is 7.06. The van der Waals surface area contributed by atoms with E-state index in [9.17, 15) is 4.79 Å². The number of methoxy groups -OCH3 is 1. The standard InChI is InChI=1S/C13H16N2O3S/c1-9-14-12-4-3-10(18-2)7-11(12)13(17)15(9)8-19-6-5-16/h3-4,7,16H,5-6,8H2,1-2H3. The molecule has 0 amide bonds. The zero-order valence-corrected chi connectivity index (χ0v) is 11.7.